The number of carbonyl (C=O) groups excluding carboxylic acids is 3. The van der Waals surface area contributed by atoms with Gasteiger partial charge in [0.2, 0.25) is 0 Å². The number of ether oxygens (including phenoxy) is 1. The number of rotatable bonds is 8. The van der Waals surface area contributed by atoms with Gasteiger partial charge in [0.25, 0.3) is 0 Å². The minimum Gasteiger partial charge on any atom is -0.423 e. The zero-order chi connectivity index (χ0) is 17.4. The van der Waals surface area contributed by atoms with Crippen molar-refractivity contribution in [3.8, 4) is 0 Å². The molecule has 1 unspecified atom stereocenters. The van der Waals surface area contributed by atoms with Gasteiger partial charge in [-0.1, -0.05) is 43.9 Å². The van der Waals surface area contributed by atoms with Crippen molar-refractivity contribution in [2.75, 3.05) is 0 Å². The Morgan fingerprint density at radius 2 is 1.83 bits per heavy atom. The normalized spacial score (nSPS) is 16.8. The van der Waals surface area contributed by atoms with Crippen LogP contribution in [0.25, 0.3) is 0 Å². The maximum atomic E-state index is 12.2. The predicted molar refractivity (Wildman–Crippen MR) is 89.4 cm³/mol. The zero-order valence-corrected chi connectivity index (χ0v) is 13.8. The second kappa shape index (κ2) is 8.83. The molecule has 122 valence electrons. The molecule has 0 radical (unpaired) electrons. The molecule has 0 N–H and O–H groups in total. The molecule has 1 aliphatic rings. The summed E-state index contributed by atoms with van der Waals surface area (Å²) in [6.45, 7) is 8.93. The fourth-order valence-corrected chi connectivity index (χ4v) is 2.16. The van der Waals surface area contributed by atoms with Crippen LogP contribution >= 0.6 is 0 Å². The Morgan fingerprint density at radius 1 is 1.17 bits per heavy atom. The van der Waals surface area contributed by atoms with E-state index in [1.807, 2.05) is 32.1 Å². The van der Waals surface area contributed by atoms with Crippen LogP contribution in [0, 0.1) is 5.92 Å². The number of allylic oxidation sites excluding steroid dienone is 7. The molecular formula is C19H22O4. The van der Waals surface area contributed by atoms with Gasteiger partial charge in [-0.25, -0.2) is 4.79 Å². The van der Waals surface area contributed by atoms with Crippen LogP contribution in [0.4, 0.5) is 0 Å². The molecule has 0 amide bonds. The van der Waals surface area contributed by atoms with Gasteiger partial charge >= 0.3 is 5.97 Å². The summed E-state index contributed by atoms with van der Waals surface area (Å²) in [4.78, 5) is 35.6. The Hall–Kier alpha value is -2.49. The maximum absolute atomic E-state index is 12.2. The van der Waals surface area contributed by atoms with Crippen molar-refractivity contribution in [1.82, 2.24) is 0 Å². The second-order valence-electron chi connectivity index (χ2n) is 5.49. The average molecular weight is 314 g/mol. The van der Waals surface area contributed by atoms with Crippen LogP contribution in [0.5, 0.6) is 0 Å². The van der Waals surface area contributed by atoms with Crippen LogP contribution in [0.1, 0.15) is 33.6 Å². The summed E-state index contributed by atoms with van der Waals surface area (Å²) in [6, 6.07) is 0. The van der Waals surface area contributed by atoms with Crippen molar-refractivity contribution < 1.29 is 19.1 Å². The van der Waals surface area contributed by atoms with E-state index in [1.165, 1.54) is 6.08 Å². The van der Waals surface area contributed by atoms with Crippen molar-refractivity contribution in [2.24, 2.45) is 5.92 Å². The quantitative estimate of drug-likeness (QED) is 0.297. The lowest BCUT2D eigenvalue weighted by Gasteiger charge is -2.08. The molecule has 0 aromatic rings. The largest absolute Gasteiger partial charge is 0.423 e. The number of hydrogen-bond acceptors (Lipinski definition) is 4. The summed E-state index contributed by atoms with van der Waals surface area (Å²) >= 11 is 0. The van der Waals surface area contributed by atoms with E-state index in [0.29, 0.717) is 5.57 Å². The van der Waals surface area contributed by atoms with Crippen molar-refractivity contribution in [1.29, 1.82) is 0 Å². The van der Waals surface area contributed by atoms with E-state index in [2.05, 4.69) is 6.58 Å². The summed E-state index contributed by atoms with van der Waals surface area (Å²) in [5, 5.41) is 0. The lowest BCUT2D eigenvalue weighted by Crippen LogP contribution is -2.15. The molecule has 0 fully saturated rings. The number of carbonyl (C=O) groups is 3. The highest BCUT2D eigenvalue weighted by atomic mass is 16.5. The second-order valence-corrected chi connectivity index (χ2v) is 5.49. The van der Waals surface area contributed by atoms with E-state index in [0.717, 1.165) is 0 Å². The van der Waals surface area contributed by atoms with Crippen molar-refractivity contribution in [2.45, 2.75) is 33.6 Å². The van der Waals surface area contributed by atoms with Gasteiger partial charge in [-0.05, 0) is 25.8 Å². The topological polar surface area (TPSA) is 60.4 Å². The SMILES string of the molecule is C=C1OC(=O)C(C(=O)CC(C)CC(=O)/C=C/C=C/C=C/C)=C1C. The first-order valence-corrected chi connectivity index (χ1v) is 7.51. The first-order chi connectivity index (χ1) is 10.9. The molecule has 1 atom stereocenters. The van der Waals surface area contributed by atoms with Crippen LogP contribution in [-0.2, 0) is 19.1 Å². The van der Waals surface area contributed by atoms with Gasteiger partial charge < -0.3 is 4.74 Å². The molecule has 23 heavy (non-hydrogen) atoms. The van der Waals surface area contributed by atoms with Gasteiger partial charge in [0.05, 0.1) is 0 Å². The zero-order valence-electron chi connectivity index (χ0n) is 13.8. The van der Waals surface area contributed by atoms with Crippen LogP contribution in [0.2, 0.25) is 0 Å². The van der Waals surface area contributed by atoms with Gasteiger partial charge in [0.1, 0.15) is 11.3 Å². The van der Waals surface area contributed by atoms with E-state index < -0.39 is 5.97 Å². The summed E-state index contributed by atoms with van der Waals surface area (Å²) < 4.78 is 4.84. The minimum atomic E-state index is -0.648. The van der Waals surface area contributed by atoms with Gasteiger partial charge in [0.15, 0.2) is 11.6 Å². The fourth-order valence-electron chi connectivity index (χ4n) is 2.16. The van der Waals surface area contributed by atoms with Crippen LogP contribution in [0.15, 0.2) is 59.9 Å². The number of cyclic esters (lactones) is 1. The third-order valence-electron chi connectivity index (χ3n) is 3.38. The molecule has 1 aliphatic heterocycles. The molecule has 4 heteroatoms. The molecule has 0 aromatic heterocycles. The van der Waals surface area contributed by atoms with Crippen LogP contribution in [-0.4, -0.2) is 17.5 Å². The van der Waals surface area contributed by atoms with E-state index in [-0.39, 0.29) is 41.7 Å². The Kier molecular flexibility index (Phi) is 7.13. The lowest BCUT2D eigenvalue weighted by atomic mass is 9.94. The third-order valence-corrected chi connectivity index (χ3v) is 3.38. The maximum Gasteiger partial charge on any atom is 0.347 e. The Bertz CT molecular complexity index is 630. The molecular weight excluding hydrogens is 292 g/mol. The number of ketones is 2. The Morgan fingerprint density at radius 3 is 2.39 bits per heavy atom. The van der Waals surface area contributed by atoms with Crippen molar-refractivity contribution >= 4 is 17.5 Å². The fraction of sp³-hybridized carbons (Fsp3) is 0.316. The molecule has 1 heterocycles. The standard InChI is InChI=1S/C19H22O4/c1-5-6-7-8-9-10-16(20)11-13(2)12-17(21)18-14(3)15(4)23-19(18)22/h5-10,13H,4,11-12H2,1-3H3/b6-5+,8-7+,10-9+. The first kappa shape index (κ1) is 18.6. The van der Waals surface area contributed by atoms with Gasteiger partial charge in [-0.2, -0.15) is 0 Å². The lowest BCUT2D eigenvalue weighted by molar-refractivity contribution is -0.134. The minimum absolute atomic E-state index is 0.0547. The third kappa shape index (κ3) is 5.66. The summed E-state index contributed by atoms with van der Waals surface area (Å²) in [5.74, 6) is -0.938. The number of hydrogen-bond donors (Lipinski definition) is 0. The van der Waals surface area contributed by atoms with E-state index in [9.17, 15) is 14.4 Å². The molecule has 0 aromatic carbocycles. The summed E-state index contributed by atoms with van der Waals surface area (Å²) in [6.07, 6.45) is 10.9. The summed E-state index contributed by atoms with van der Waals surface area (Å²) in [5.41, 5.74) is 0.534. The Balaban J connectivity index is 2.55. The van der Waals surface area contributed by atoms with E-state index >= 15 is 0 Å². The van der Waals surface area contributed by atoms with E-state index in [4.69, 9.17) is 4.74 Å². The van der Waals surface area contributed by atoms with Gasteiger partial charge in [0, 0.05) is 18.4 Å². The monoisotopic (exact) mass is 314 g/mol. The average Bonchev–Trinajstić information content (AvgIpc) is 2.71. The van der Waals surface area contributed by atoms with Gasteiger partial charge in [-0.15, -0.1) is 0 Å². The molecule has 0 aliphatic carbocycles. The Labute approximate surface area is 136 Å². The predicted octanol–water partition coefficient (Wildman–Crippen LogP) is 3.62. The molecule has 4 nitrogen and oxygen atoms in total. The molecule has 0 saturated heterocycles. The van der Waals surface area contributed by atoms with E-state index in [1.54, 1.807) is 19.1 Å². The first-order valence-electron chi connectivity index (χ1n) is 7.51. The highest BCUT2D eigenvalue weighted by Crippen LogP contribution is 2.27. The highest BCUT2D eigenvalue weighted by molar-refractivity contribution is 6.20. The van der Waals surface area contributed by atoms with Crippen molar-refractivity contribution in [3.63, 3.8) is 0 Å². The molecule has 0 spiro atoms. The summed E-state index contributed by atoms with van der Waals surface area (Å²) in [7, 11) is 0. The molecule has 0 saturated carbocycles. The highest BCUT2D eigenvalue weighted by Gasteiger charge is 2.31. The smallest absolute Gasteiger partial charge is 0.347 e. The van der Waals surface area contributed by atoms with Crippen molar-refractivity contribution in [3.05, 3.63) is 59.9 Å². The van der Waals surface area contributed by atoms with Crippen LogP contribution < -0.4 is 0 Å². The van der Waals surface area contributed by atoms with Gasteiger partial charge in [-0.3, -0.25) is 9.59 Å². The number of esters is 1. The molecule has 1 rings (SSSR count). The number of Topliss-reactive ketones (excluding diaryl/α,β-unsaturated/α-hetero) is 1. The van der Waals surface area contributed by atoms with Crippen LogP contribution in [0.3, 0.4) is 0 Å². The molecule has 0 bridgehead atoms.